The van der Waals surface area contributed by atoms with E-state index in [4.69, 9.17) is 0 Å². The number of aromatic nitrogens is 2. The normalized spacial score (nSPS) is 19.8. The van der Waals surface area contributed by atoms with Crippen molar-refractivity contribution in [1.82, 2.24) is 14.9 Å². The van der Waals surface area contributed by atoms with Crippen LogP contribution in [0.2, 0.25) is 0 Å². The Morgan fingerprint density at radius 2 is 2.00 bits per heavy atom. The van der Waals surface area contributed by atoms with Crippen molar-refractivity contribution in [3.05, 3.63) is 54.4 Å². The third kappa shape index (κ3) is 3.85. The molecule has 1 aliphatic heterocycles. The number of imidazole rings is 1. The van der Waals surface area contributed by atoms with Gasteiger partial charge in [-0.3, -0.25) is 4.79 Å². The van der Waals surface area contributed by atoms with E-state index in [1.165, 1.54) is 0 Å². The van der Waals surface area contributed by atoms with Crippen molar-refractivity contribution in [3.63, 3.8) is 0 Å². The Morgan fingerprint density at radius 3 is 2.75 bits per heavy atom. The molecule has 6 nitrogen and oxygen atoms in total. The second-order valence-corrected chi connectivity index (χ2v) is 7.35. The van der Waals surface area contributed by atoms with E-state index in [1.807, 2.05) is 48.5 Å². The average molecular weight is 379 g/mol. The summed E-state index contributed by atoms with van der Waals surface area (Å²) in [6.45, 7) is 0.730. The van der Waals surface area contributed by atoms with Crippen molar-refractivity contribution in [3.8, 4) is 11.1 Å². The van der Waals surface area contributed by atoms with Crippen LogP contribution in [0.1, 0.15) is 25.1 Å². The molecule has 1 aromatic heterocycles. The maximum absolute atomic E-state index is 12.7. The van der Waals surface area contributed by atoms with Crippen LogP contribution in [0.4, 0.5) is 0 Å². The van der Waals surface area contributed by atoms with Crippen LogP contribution in [-0.4, -0.2) is 44.2 Å². The predicted octanol–water partition coefficient (Wildman–Crippen LogP) is 2.27. The van der Waals surface area contributed by atoms with Crippen LogP contribution < -0.4 is 5.32 Å². The van der Waals surface area contributed by atoms with Gasteiger partial charge in [-0.1, -0.05) is 36.4 Å². The zero-order chi connectivity index (χ0) is 19.5. The fourth-order valence-electron chi connectivity index (χ4n) is 3.91. The van der Waals surface area contributed by atoms with Gasteiger partial charge in [-0.05, 0) is 42.6 Å². The van der Waals surface area contributed by atoms with Gasteiger partial charge in [0.25, 0.3) is 0 Å². The molecule has 0 spiro atoms. The number of aliphatic hydroxyl groups is 2. The van der Waals surface area contributed by atoms with Crippen LogP contribution in [0.25, 0.3) is 22.2 Å². The van der Waals surface area contributed by atoms with Gasteiger partial charge in [0.15, 0.2) is 5.78 Å². The summed E-state index contributed by atoms with van der Waals surface area (Å²) < 4.78 is 1.79. The minimum absolute atomic E-state index is 0.0116. The van der Waals surface area contributed by atoms with Crippen LogP contribution in [0.15, 0.2) is 48.5 Å². The third-order valence-electron chi connectivity index (χ3n) is 5.41. The first-order valence-electron chi connectivity index (χ1n) is 9.74. The predicted molar refractivity (Wildman–Crippen MR) is 108 cm³/mol. The summed E-state index contributed by atoms with van der Waals surface area (Å²) in [5, 5.41) is 23.1. The second kappa shape index (κ2) is 8.22. The van der Waals surface area contributed by atoms with Gasteiger partial charge in [0.05, 0.1) is 23.7 Å². The van der Waals surface area contributed by atoms with Crippen LogP contribution in [0.3, 0.4) is 0 Å². The molecule has 0 bridgehead atoms. The number of carbonyl (C=O) groups is 1. The molecular weight excluding hydrogens is 354 g/mol. The maximum atomic E-state index is 12.7. The number of rotatable bonds is 6. The zero-order valence-corrected chi connectivity index (χ0v) is 15.7. The minimum atomic E-state index is -0.487. The molecule has 2 aromatic carbocycles. The number of fused-ring (bicyclic) bond motifs is 1. The van der Waals surface area contributed by atoms with Gasteiger partial charge in [-0.25, -0.2) is 4.98 Å². The fraction of sp³-hybridized carbons (Fsp3) is 0.364. The minimum Gasteiger partial charge on any atom is -0.391 e. The molecule has 0 saturated carbocycles. The molecule has 3 aromatic rings. The summed E-state index contributed by atoms with van der Waals surface area (Å²) in [6, 6.07) is 15.8. The molecule has 3 N–H and O–H groups in total. The van der Waals surface area contributed by atoms with Gasteiger partial charge in [0.2, 0.25) is 0 Å². The lowest BCUT2D eigenvalue weighted by atomic mass is 9.97. The van der Waals surface area contributed by atoms with E-state index in [0.29, 0.717) is 5.82 Å². The highest BCUT2D eigenvalue weighted by molar-refractivity contribution is 5.85. The number of aliphatic hydroxyl groups excluding tert-OH is 2. The first kappa shape index (κ1) is 18.8. The molecule has 2 atom stereocenters. The van der Waals surface area contributed by atoms with Crippen molar-refractivity contribution >= 4 is 16.8 Å². The van der Waals surface area contributed by atoms with Gasteiger partial charge >= 0.3 is 0 Å². The lowest BCUT2D eigenvalue weighted by molar-refractivity contribution is -0.121. The molecule has 1 fully saturated rings. The molecule has 0 aliphatic carbocycles. The van der Waals surface area contributed by atoms with Crippen molar-refractivity contribution < 1.29 is 15.0 Å². The first-order chi connectivity index (χ1) is 13.7. The Balaban J connectivity index is 1.62. The average Bonchev–Trinajstić information content (AvgIpc) is 3.07. The molecule has 1 saturated heterocycles. The van der Waals surface area contributed by atoms with Crippen molar-refractivity contribution in [2.24, 2.45) is 0 Å². The number of nitrogens with one attached hydrogen (secondary N) is 1. The Kier molecular flexibility index (Phi) is 5.52. The Hall–Kier alpha value is -2.54. The van der Waals surface area contributed by atoms with Crippen molar-refractivity contribution in [2.75, 3.05) is 6.54 Å². The van der Waals surface area contributed by atoms with E-state index in [1.54, 1.807) is 4.57 Å². The highest BCUT2D eigenvalue weighted by atomic mass is 16.3. The SMILES string of the molecule is O=C(C[C@H]1NCCC[C@@H]1O)Cn1c(CO)nc2ccc(-c3ccccc3)cc21. The summed E-state index contributed by atoms with van der Waals surface area (Å²) in [6.07, 6.45) is 1.43. The lowest BCUT2D eigenvalue weighted by Gasteiger charge is -2.28. The largest absolute Gasteiger partial charge is 0.391 e. The number of benzene rings is 2. The molecule has 1 aliphatic rings. The molecule has 6 heteroatoms. The van der Waals surface area contributed by atoms with Crippen LogP contribution >= 0.6 is 0 Å². The van der Waals surface area contributed by atoms with Gasteiger partial charge in [-0.15, -0.1) is 0 Å². The highest BCUT2D eigenvalue weighted by Gasteiger charge is 2.25. The number of carbonyl (C=O) groups excluding carboxylic acids is 1. The first-order valence-corrected chi connectivity index (χ1v) is 9.74. The van der Waals surface area contributed by atoms with Gasteiger partial charge in [-0.2, -0.15) is 0 Å². The summed E-state index contributed by atoms with van der Waals surface area (Å²) in [5.41, 5.74) is 3.71. The molecular formula is C22H25N3O3. The summed E-state index contributed by atoms with van der Waals surface area (Å²) >= 11 is 0. The van der Waals surface area contributed by atoms with E-state index >= 15 is 0 Å². The molecule has 28 heavy (non-hydrogen) atoms. The number of piperidine rings is 1. The Morgan fingerprint density at radius 1 is 1.18 bits per heavy atom. The maximum Gasteiger partial charge on any atom is 0.154 e. The molecule has 0 amide bonds. The molecule has 146 valence electrons. The van der Waals surface area contributed by atoms with Gasteiger partial charge < -0.3 is 20.1 Å². The monoisotopic (exact) mass is 379 g/mol. The second-order valence-electron chi connectivity index (χ2n) is 7.35. The number of ketones is 1. The van der Waals surface area contributed by atoms with E-state index in [9.17, 15) is 15.0 Å². The molecule has 0 radical (unpaired) electrons. The molecule has 0 unspecified atom stereocenters. The lowest BCUT2D eigenvalue weighted by Crippen LogP contribution is -2.46. The van der Waals surface area contributed by atoms with E-state index in [-0.39, 0.29) is 31.4 Å². The van der Waals surface area contributed by atoms with Crippen molar-refractivity contribution in [2.45, 2.75) is 44.6 Å². The van der Waals surface area contributed by atoms with Crippen LogP contribution in [-0.2, 0) is 17.9 Å². The summed E-state index contributed by atoms with van der Waals surface area (Å²) in [4.78, 5) is 17.2. The standard InChI is InChI=1S/C22H25N3O3/c26-14-22-24-18-9-8-16(15-5-2-1-3-6-15)11-20(18)25(22)13-17(27)12-19-21(28)7-4-10-23-19/h1-3,5-6,8-9,11,19,21,23,26,28H,4,7,10,12-14H2/t19-,21+/m1/s1. The van der Waals surface area contributed by atoms with E-state index in [2.05, 4.69) is 10.3 Å². The van der Waals surface area contributed by atoms with E-state index in [0.717, 1.165) is 41.5 Å². The fourth-order valence-corrected chi connectivity index (χ4v) is 3.91. The van der Waals surface area contributed by atoms with Gasteiger partial charge in [0, 0.05) is 12.5 Å². The van der Waals surface area contributed by atoms with Crippen LogP contribution in [0, 0.1) is 0 Å². The third-order valence-corrected chi connectivity index (χ3v) is 5.41. The molecule has 4 rings (SSSR count). The zero-order valence-electron chi connectivity index (χ0n) is 15.7. The number of hydrogen-bond donors (Lipinski definition) is 3. The smallest absolute Gasteiger partial charge is 0.154 e. The van der Waals surface area contributed by atoms with Gasteiger partial charge in [0.1, 0.15) is 12.4 Å². The van der Waals surface area contributed by atoms with Crippen LogP contribution in [0.5, 0.6) is 0 Å². The number of nitrogens with zero attached hydrogens (tertiary/aromatic N) is 2. The highest BCUT2D eigenvalue weighted by Crippen LogP contribution is 2.25. The molecule has 2 heterocycles. The Labute approximate surface area is 163 Å². The van der Waals surface area contributed by atoms with Crippen molar-refractivity contribution in [1.29, 1.82) is 0 Å². The number of Topliss-reactive ketones (excluding diaryl/α,β-unsaturated/α-hetero) is 1. The number of hydrogen-bond acceptors (Lipinski definition) is 5. The quantitative estimate of drug-likeness (QED) is 0.612. The topological polar surface area (TPSA) is 87.4 Å². The summed E-state index contributed by atoms with van der Waals surface area (Å²) in [7, 11) is 0. The van der Waals surface area contributed by atoms with E-state index < -0.39 is 6.10 Å². The summed E-state index contributed by atoms with van der Waals surface area (Å²) in [5.74, 6) is 0.489. The Bertz CT molecular complexity index is 968.